The highest BCUT2D eigenvalue weighted by atomic mass is 16.3. The lowest BCUT2D eigenvalue weighted by molar-refractivity contribution is -0.111. The molecule has 4 aliphatic carbocycles. The van der Waals surface area contributed by atoms with Gasteiger partial charge in [0.2, 0.25) is 0 Å². The van der Waals surface area contributed by atoms with Gasteiger partial charge in [-0.15, -0.1) is 0 Å². The van der Waals surface area contributed by atoms with Crippen LogP contribution in [0.25, 0.3) is 0 Å². The van der Waals surface area contributed by atoms with Crippen molar-refractivity contribution in [2.24, 2.45) is 40.4 Å². The molecule has 0 aromatic heterocycles. The van der Waals surface area contributed by atoms with E-state index in [2.05, 4.69) is 26.8 Å². The van der Waals surface area contributed by atoms with Crippen LogP contribution in [0.3, 0.4) is 0 Å². The van der Waals surface area contributed by atoms with Crippen molar-refractivity contribution < 1.29 is 15.0 Å². The molecule has 0 heterocycles. The van der Waals surface area contributed by atoms with Crippen molar-refractivity contribution >= 4 is 5.78 Å². The number of rotatable bonds is 2. The predicted octanol–water partition coefficient (Wildman–Crippen LogP) is 3.51. The average molecular weight is 344 g/mol. The third-order valence-electron chi connectivity index (χ3n) is 8.58. The second-order valence-corrected chi connectivity index (χ2v) is 9.64. The van der Waals surface area contributed by atoms with Crippen molar-refractivity contribution in [3.63, 3.8) is 0 Å². The fourth-order valence-corrected chi connectivity index (χ4v) is 7.32. The zero-order valence-corrected chi connectivity index (χ0v) is 15.7. The number of hydrogen-bond acceptors (Lipinski definition) is 3. The Labute approximate surface area is 151 Å². The zero-order valence-electron chi connectivity index (χ0n) is 15.7. The molecule has 0 bridgehead atoms. The molecule has 3 fully saturated rings. The molecular formula is C22H32O3. The monoisotopic (exact) mass is 344 g/mol. The van der Waals surface area contributed by atoms with Gasteiger partial charge in [0, 0.05) is 12.0 Å². The molecule has 3 heteroatoms. The van der Waals surface area contributed by atoms with Gasteiger partial charge in [0.15, 0.2) is 5.78 Å². The molecule has 0 radical (unpaired) electrons. The van der Waals surface area contributed by atoms with E-state index in [4.69, 9.17) is 0 Å². The summed E-state index contributed by atoms with van der Waals surface area (Å²) in [5.41, 5.74) is 1.42. The number of carbonyl (C=O) groups excluding carboxylic acids is 1. The molecule has 2 N–H and O–H groups in total. The van der Waals surface area contributed by atoms with Crippen LogP contribution in [0.15, 0.2) is 23.8 Å². The Bertz CT molecular complexity index is 635. The molecule has 8 atom stereocenters. The minimum absolute atomic E-state index is 0.0153. The normalized spacial score (nSPS) is 49.9. The number of aliphatic hydroxyl groups excluding tert-OH is 2. The molecule has 0 saturated heterocycles. The Kier molecular flexibility index (Phi) is 4.05. The number of ketones is 1. The van der Waals surface area contributed by atoms with Crippen LogP contribution >= 0.6 is 0 Å². The summed E-state index contributed by atoms with van der Waals surface area (Å²) >= 11 is 0. The van der Waals surface area contributed by atoms with Crippen LogP contribution in [0, 0.1) is 40.4 Å². The standard InChI is InChI=1S/C22H32O3/c1-13(12-23)18-11-19(25)20-16-5-4-14-10-15(24)6-8-21(14,2)17(16)7-9-22(18,20)3/h6,8,10,13,16-20,23,25H,4-5,7,9,11-12H2,1-3H3/t13-,16-,17+,18-,19-,20-,21+,22-/m1/s1. The van der Waals surface area contributed by atoms with Gasteiger partial charge in [-0.2, -0.15) is 0 Å². The zero-order chi connectivity index (χ0) is 18.0. The topological polar surface area (TPSA) is 57.5 Å². The quantitative estimate of drug-likeness (QED) is 0.806. The summed E-state index contributed by atoms with van der Waals surface area (Å²) < 4.78 is 0. The van der Waals surface area contributed by atoms with Crippen LogP contribution in [-0.4, -0.2) is 28.7 Å². The van der Waals surface area contributed by atoms with Gasteiger partial charge < -0.3 is 10.2 Å². The summed E-state index contributed by atoms with van der Waals surface area (Å²) in [7, 11) is 0. The Morgan fingerprint density at radius 1 is 1.32 bits per heavy atom. The minimum atomic E-state index is -0.250. The van der Waals surface area contributed by atoms with Gasteiger partial charge in [-0.1, -0.05) is 32.4 Å². The second-order valence-electron chi connectivity index (χ2n) is 9.64. The highest BCUT2D eigenvalue weighted by Gasteiger charge is 2.61. The lowest BCUT2D eigenvalue weighted by Gasteiger charge is -2.57. The minimum Gasteiger partial charge on any atom is -0.396 e. The Hall–Kier alpha value is -0.930. The van der Waals surface area contributed by atoms with Crippen LogP contribution < -0.4 is 0 Å². The van der Waals surface area contributed by atoms with Gasteiger partial charge in [-0.25, -0.2) is 0 Å². The van der Waals surface area contributed by atoms with Crippen molar-refractivity contribution in [3.05, 3.63) is 23.8 Å². The van der Waals surface area contributed by atoms with Crippen LogP contribution in [0.2, 0.25) is 0 Å². The number of carbonyl (C=O) groups is 1. The van der Waals surface area contributed by atoms with E-state index in [1.54, 1.807) is 6.08 Å². The van der Waals surface area contributed by atoms with E-state index < -0.39 is 0 Å². The van der Waals surface area contributed by atoms with E-state index >= 15 is 0 Å². The molecule has 4 aliphatic rings. The van der Waals surface area contributed by atoms with Gasteiger partial charge in [-0.05, 0) is 79.3 Å². The number of fused-ring (bicyclic) bond motifs is 5. The maximum Gasteiger partial charge on any atom is 0.178 e. The van der Waals surface area contributed by atoms with E-state index in [-0.39, 0.29) is 35.2 Å². The van der Waals surface area contributed by atoms with Crippen LogP contribution in [0.1, 0.15) is 52.9 Å². The van der Waals surface area contributed by atoms with Crippen LogP contribution in [-0.2, 0) is 4.79 Å². The Morgan fingerprint density at radius 2 is 2.08 bits per heavy atom. The molecule has 0 aromatic carbocycles. The van der Waals surface area contributed by atoms with E-state index in [1.165, 1.54) is 5.57 Å². The van der Waals surface area contributed by atoms with Crippen LogP contribution in [0.5, 0.6) is 0 Å². The Balaban J connectivity index is 1.69. The molecule has 0 unspecified atom stereocenters. The van der Waals surface area contributed by atoms with Crippen molar-refractivity contribution in [2.75, 3.05) is 6.61 Å². The highest BCUT2D eigenvalue weighted by molar-refractivity contribution is 6.01. The maximum absolute atomic E-state index is 11.8. The van der Waals surface area contributed by atoms with Gasteiger partial charge in [0.1, 0.15) is 0 Å². The fourth-order valence-electron chi connectivity index (χ4n) is 7.32. The lowest BCUT2D eigenvalue weighted by atomic mass is 9.47. The van der Waals surface area contributed by atoms with Gasteiger partial charge in [0.25, 0.3) is 0 Å². The third-order valence-corrected chi connectivity index (χ3v) is 8.58. The first-order valence-corrected chi connectivity index (χ1v) is 10.0. The largest absolute Gasteiger partial charge is 0.396 e. The SMILES string of the molecule is C[C@H](CO)[C@H]1C[C@@H](O)[C@H]2[C@@H]3CCC4=CC(=O)C=C[C@]4(C)[C@H]3CC[C@@]21C. The fraction of sp³-hybridized carbons (Fsp3) is 0.773. The molecule has 25 heavy (non-hydrogen) atoms. The average Bonchev–Trinajstić information content (AvgIpc) is 2.86. The predicted molar refractivity (Wildman–Crippen MR) is 97.7 cm³/mol. The first-order valence-electron chi connectivity index (χ1n) is 10.0. The molecule has 3 nitrogen and oxygen atoms in total. The molecule has 0 aromatic rings. The summed E-state index contributed by atoms with van der Waals surface area (Å²) in [5.74, 6) is 2.16. The maximum atomic E-state index is 11.8. The number of hydrogen-bond donors (Lipinski definition) is 2. The summed E-state index contributed by atoms with van der Waals surface area (Å²) in [6.07, 6.45) is 10.7. The van der Waals surface area contributed by atoms with Gasteiger partial charge in [-0.3, -0.25) is 4.79 Å². The molecule has 138 valence electrons. The lowest BCUT2D eigenvalue weighted by Crippen LogP contribution is -2.52. The van der Waals surface area contributed by atoms with Gasteiger partial charge in [0.05, 0.1) is 6.10 Å². The highest BCUT2D eigenvalue weighted by Crippen LogP contribution is 2.66. The Morgan fingerprint density at radius 3 is 2.80 bits per heavy atom. The first kappa shape index (κ1) is 17.5. The molecular weight excluding hydrogens is 312 g/mol. The van der Waals surface area contributed by atoms with E-state index in [0.717, 1.165) is 32.1 Å². The molecule has 4 rings (SSSR count). The molecule has 0 amide bonds. The van der Waals surface area contributed by atoms with Crippen molar-refractivity contribution in [1.29, 1.82) is 0 Å². The van der Waals surface area contributed by atoms with E-state index in [1.807, 2.05) is 6.08 Å². The summed E-state index contributed by atoms with van der Waals surface area (Å²) in [6, 6.07) is 0. The van der Waals surface area contributed by atoms with E-state index in [0.29, 0.717) is 23.7 Å². The third kappa shape index (κ3) is 2.35. The van der Waals surface area contributed by atoms with Crippen LogP contribution in [0.4, 0.5) is 0 Å². The molecule has 0 aliphatic heterocycles. The van der Waals surface area contributed by atoms with Gasteiger partial charge >= 0.3 is 0 Å². The first-order chi connectivity index (χ1) is 11.8. The molecule has 3 saturated carbocycles. The summed E-state index contributed by atoms with van der Waals surface area (Å²) in [5, 5.41) is 20.7. The second kappa shape index (κ2) is 5.79. The number of aliphatic hydroxyl groups is 2. The smallest absolute Gasteiger partial charge is 0.178 e. The van der Waals surface area contributed by atoms with Crippen molar-refractivity contribution in [2.45, 2.75) is 59.0 Å². The van der Waals surface area contributed by atoms with Crippen molar-refractivity contribution in [1.82, 2.24) is 0 Å². The molecule has 0 spiro atoms. The number of allylic oxidation sites excluding steroid dienone is 4. The van der Waals surface area contributed by atoms with E-state index in [9.17, 15) is 15.0 Å². The summed E-state index contributed by atoms with van der Waals surface area (Å²) in [4.78, 5) is 11.8. The van der Waals surface area contributed by atoms with Crippen molar-refractivity contribution in [3.8, 4) is 0 Å². The summed E-state index contributed by atoms with van der Waals surface area (Å²) in [6.45, 7) is 7.02.